The Balaban J connectivity index is 1.02. The first kappa shape index (κ1) is 25.8. The molecule has 1 spiro atoms. The number of hydrogen-bond acceptors (Lipinski definition) is 2. The molecule has 0 radical (unpaired) electrons. The Bertz CT molecular complexity index is 1100. The molecule has 2 aromatic carbocycles. The van der Waals surface area contributed by atoms with Gasteiger partial charge in [-0.15, -0.1) is 0 Å². The second kappa shape index (κ2) is 10.5. The van der Waals surface area contributed by atoms with Crippen molar-refractivity contribution in [3.05, 3.63) is 65.2 Å². The number of nitrogens with one attached hydrogen (secondary N) is 1. The molecule has 2 saturated carbocycles. The minimum atomic E-state index is -4.35. The molecule has 0 aromatic heterocycles. The summed E-state index contributed by atoms with van der Waals surface area (Å²) in [6, 6.07) is 13.5. The van der Waals surface area contributed by atoms with Crippen LogP contribution in [-0.2, 0) is 22.3 Å². The summed E-state index contributed by atoms with van der Waals surface area (Å²) in [5.41, 5.74) is 2.15. The van der Waals surface area contributed by atoms with Gasteiger partial charge in [0.1, 0.15) is 0 Å². The molecule has 198 valence electrons. The van der Waals surface area contributed by atoms with E-state index in [4.69, 9.17) is 0 Å². The zero-order valence-corrected chi connectivity index (χ0v) is 21.2. The van der Waals surface area contributed by atoms with Crippen LogP contribution in [0.15, 0.2) is 48.5 Å². The van der Waals surface area contributed by atoms with E-state index in [1.54, 1.807) is 0 Å². The lowest BCUT2D eigenvalue weighted by Crippen LogP contribution is -2.37. The Hall–Kier alpha value is -2.83. The summed E-state index contributed by atoms with van der Waals surface area (Å²) < 4.78 is 38.0. The molecule has 1 heterocycles. The first-order valence-electron chi connectivity index (χ1n) is 13.6. The highest BCUT2D eigenvalue weighted by Crippen LogP contribution is 2.48. The van der Waals surface area contributed by atoms with Crippen LogP contribution in [0.25, 0.3) is 0 Å². The van der Waals surface area contributed by atoms with Gasteiger partial charge in [-0.1, -0.05) is 24.3 Å². The molecule has 37 heavy (non-hydrogen) atoms. The third kappa shape index (κ3) is 6.02. The third-order valence-corrected chi connectivity index (χ3v) is 8.62. The van der Waals surface area contributed by atoms with Crippen molar-refractivity contribution < 1.29 is 22.8 Å². The van der Waals surface area contributed by atoms with Crippen molar-refractivity contribution in [3.63, 3.8) is 0 Å². The topological polar surface area (TPSA) is 49.4 Å². The van der Waals surface area contributed by atoms with Gasteiger partial charge in [0.25, 0.3) is 0 Å². The second-order valence-electron chi connectivity index (χ2n) is 11.2. The van der Waals surface area contributed by atoms with Gasteiger partial charge < -0.3 is 10.2 Å². The molecule has 1 aliphatic heterocycles. The van der Waals surface area contributed by atoms with E-state index in [9.17, 15) is 22.8 Å². The number of carbonyl (C=O) groups excluding carboxylic acids is 2. The lowest BCUT2D eigenvalue weighted by atomic mass is 9.68. The molecule has 0 atom stereocenters. The first-order valence-corrected chi connectivity index (χ1v) is 13.6. The van der Waals surface area contributed by atoms with Crippen molar-refractivity contribution in [1.82, 2.24) is 5.32 Å². The van der Waals surface area contributed by atoms with Gasteiger partial charge in [0.15, 0.2) is 0 Å². The normalized spacial score (nSPS) is 24.0. The van der Waals surface area contributed by atoms with Crippen LogP contribution in [-0.4, -0.2) is 18.4 Å². The Kier molecular flexibility index (Phi) is 7.32. The molecule has 2 amide bonds. The maximum absolute atomic E-state index is 13.4. The molecule has 5 rings (SSSR count). The highest BCUT2D eigenvalue weighted by Gasteiger charge is 2.48. The van der Waals surface area contributed by atoms with Gasteiger partial charge in [0.2, 0.25) is 11.8 Å². The largest absolute Gasteiger partial charge is 0.416 e. The van der Waals surface area contributed by atoms with Crippen molar-refractivity contribution in [3.8, 4) is 0 Å². The quantitative estimate of drug-likeness (QED) is 0.415. The van der Waals surface area contributed by atoms with Crippen molar-refractivity contribution in [2.75, 3.05) is 11.4 Å². The molecular weight excluding hydrogens is 477 g/mol. The molecular formula is C30H35F3N2O2. The number of amides is 2. The number of alkyl halides is 3. The summed E-state index contributed by atoms with van der Waals surface area (Å²) >= 11 is 0. The minimum absolute atomic E-state index is 0.0819. The summed E-state index contributed by atoms with van der Waals surface area (Å²) in [7, 11) is 0. The summed E-state index contributed by atoms with van der Waals surface area (Å²) in [6.45, 7) is 1.02. The van der Waals surface area contributed by atoms with E-state index >= 15 is 0 Å². The average Bonchev–Trinajstić information content (AvgIpc) is 3.70. The smallest absolute Gasteiger partial charge is 0.352 e. The van der Waals surface area contributed by atoms with Gasteiger partial charge in [0.05, 0.1) is 11.0 Å². The number of halogens is 3. The zero-order chi connectivity index (χ0) is 26.0. The highest BCUT2D eigenvalue weighted by molar-refractivity contribution is 6.00. The van der Waals surface area contributed by atoms with Crippen molar-refractivity contribution >= 4 is 17.5 Å². The number of benzene rings is 2. The highest BCUT2D eigenvalue weighted by atomic mass is 19.4. The molecule has 3 aliphatic rings. The van der Waals surface area contributed by atoms with Crippen molar-refractivity contribution in [1.29, 1.82) is 0 Å². The van der Waals surface area contributed by atoms with Crippen LogP contribution in [0.3, 0.4) is 0 Å². The van der Waals surface area contributed by atoms with E-state index in [0.29, 0.717) is 17.9 Å². The number of anilines is 1. The fraction of sp³-hybridized carbons (Fsp3) is 0.533. The van der Waals surface area contributed by atoms with E-state index in [-0.39, 0.29) is 23.8 Å². The van der Waals surface area contributed by atoms with E-state index in [0.717, 1.165) is 75.2 Å². The molecule has 2 aliphatic carbocycles. The Morgan fingerprint density at radius 3 is 2.24 bits per heavy atom. The average molecular weight is 513 g/mol. The van der Waals surface area contributed by atoms with Gasteiger partial charge in [-0.25, -0.2) is 0 Å². The van der Waals surface area contributed by atoms with Crippen LogP contribution in [0.5, 0.6) is 0 Å². The summed E-state index contributed by atoms with van der Waals surface area (Å²) in [4.78, 5) is 27.6. The maximum Gasteiger partial charge on any atom is 0.416 e. The summed E-state index contributed by atoms with van der Waals surface area (Å²) in [5.74, 6) is 1.46. The molecule has 0 bridgehead atoms. The zero-order valence-electron chi connectivity index (χ0n) is 21.2. The monoisotopic (exact) mass is 512 g/mol. The fourth-order valence-corrected chi connectivity index (χ4v) is 6.04. The van der Waals surface area contributed by atoms with E-state index < -0.39 is 11.7 Å². The van der Waals surface area contributed by atoms with Gasteiger partial charge in [0, 0.05) is 25.2 Å². The maximum atomic E-state index is 13.4. The van der Waals surface area contributed by atoms with Crippen molar-refractivity contribution in [2.45, 2.75) is 82.8 Å². The van der Waals surface area contributed by atoms with Crippen LogP contribution >= 0.6 is 0 Å². The summed E-state index contributed by atoms with van der Waals surface area (Å²) in [5, 5.41) is 2.80. The van der Waals surface area contributed by atoms with Crippen LogP contribution in [0.2, 0.25) is 0 Å². The van der Waals surface area contributed by atoms with E-state index in [1.165, 1.54) is 30.5 Å². The Morgan fingerprint density at radius 1 is 0.946 bits per heavy atom. The number of rotatable bonds is 8. The van der Waals surface area contributed by atoms with Gasteiger partial charge in [-0.05, 0) is 105 Å². The van der Waals surface area contributed by atoms with Gasteiger partial charge in [-0.2, -0.15) is 13.2 Å². The lowest BCUT2D eigenvalue weighted by Gasteiger charge is -2.35. The number of hydrogen-bond donors (Lipinski definition) is 1. The van der Waals surface area contributed by atoms with Gasteiger partial charge in [-0.3, -0.25) is 9.59 Å². The van der Waals surface area contributed by atoms with Crippen LogP contribution in [0.1, 0.15) is 86.8 Å². The molecule has 1 saturated heterocycles. The number of carbonyl (C=O) groups is 2. The molecule has 2 aromatic rings. The SMILES string of the molecule is O=C(CCCC1CCC2(CC1)CCN(c1ccc(C3CC3)cc1)C2=O)NCc1ccc(C(F)(F)F)cc1. The fourth-order valence-electron chi connectivity index (χ4n) is 6.04. The molecule has 4 nitrogen and oxygen atoms in total. The Morgan fingerprint density at radius 2 is 1.62 bits per heavy atom. The molecule has 0 unspecified atom stereocenters. The predicted octanol–water partition coefficient (Wildman–Crippen LogP) is 6.98. The third-order valence-electron chi connectivity index (χ3n) is 8.62. The first-order chi connectivity index (χ1) is 17.7. The van der Waals surface area contributed by atoms with Crippen LogP contribution in [0.4, 0.5) is 18.9 Å². The molecule has 7 heteroatoms. The standard InChI is InChI=1S/C30H35F3N2O2/c31-30(32,33)25-10-4-22(5-11-25)20-34-27(36)3-1-2-21-14-16-29(17-15-21)18-19-35(28(29)37)26-12-8-24(9-13-26)23-6-7-23/h4-5,8-13,21,23H,1-3,6-7,14-20H2,(H,34,36). The van der Waals surface area contributed by atoms with Crippen LogP contribution in [0, 0.1) is 11.3 Å². The second-order valence-corrected chi connectivity index (χ2v) is 11.2. The minimum Gasteiger partial charge on any atom is -0.352 e. The molecule has 3 fully saturated rings. The van der Waals surface area contributed by atoms with Crippen LogP contribution < -0.4 is 10.2 Å². The predicted molar refractivity (Wildman–Crippen MR) is 137 cm³/mol. The van der Waals surface area contributed by atoms with E-state index in [1.807, 2.05) is 4.90 Å². The number of nitrogens with zero attached hydrogens (tertiary/aromatic N) is 1. The Labute approximate surface area is 216 Å². The molecule has 1 N–H and O–H groups in total. The summed E-state index contributed by atoms with van der Waals surface area (Å²) in [6.07, 6.45) is 5.17. The van der Waals surface area contributed by atoms with Crippen molar-refractivity contribution in [2.24, 2.45) is 11.3 Å². The van der Waals surface area contributed by atoms with Gasteiger partial charge >= 0.3 is 6.18 Å². The lowest BCUT2D eigenvalue weighted by molar-refractivity contribution is -0.137. The van der Waals surface area contributed by atoms with E-state index in [2.05, 4.69) is 29.6 Å².